The first-order valence-electron chi connectivity index (χ1n) is 8.20. The summed E-state index contributed by atoms with van der Waals surface area (Å²) in [6.45, 7) is -0.483. The van der Waals surface area contributed by atoms with Crippen LogP contribution in [0.15, 0.2) is 74.6 Å². The van der Waals surface area contributed by atoms with Crippen LogP contribution in [0.5, 0.6) is 5.75 Å². The molecule has 0 atom stereocenters. The van der Waals surface area contributed by atoms with Crippen molar-refractivity contribution in [1.29, 1.82) is 0 Å². The van der Waals surface area contributed by atoms with Crippen LogP contribution in [0.1, 0.15) is 0 Å². The second kappa shape index (κ2) is 7.87. The predicted molar refractivity (Wildman–Crippen MR) is 105 cm³/mol. The third-order valence-electron chi connectivity index (χ3n) is 4.06. The van der Waals surface area contributed by atoms with E-state index in [4.69, 9.17) is 9.66 Å². The smallest absolute Gasteiger partial charge is 0.294 e. The molecule has 0 aliphatic rings. The average Bonchev–Trinajstić information content (AvgIpc) is 2.66. The fourth-order valence-corrected chi connectivity index (χ4v) is 4.15. The van der Waals surface area contributed by atoms with Gasteiger partial charge in [0.1, 0.15) is 11.4 Å². The van der Waals surface area contributed by atoms with Crippen LogP contribution in [0.2, 0.25) is 0 Å². The maximum Gasteiger partial charge on any atom is 0.294 e. The Bertz CT molecular complexity index is 1300. The minimum Gasteiger partial charge on any atom is -0.506 e. The van der Waals surface area contributed by atoms with Crippen molar-refractivity contribution in [3.63, 3.8) is 0 Å². The zero-order valence-electron chi connectivity index (χ0n) is 14.8. The van der Waals surface area contributed by atoms with Crippen molar-refractivity contribution >= 4 is 42.1 Å². The van der Waals surface area contributed by atoms with E-state index in [-0.39, 0.29) is 27.0 Å². The first kappa shape index (κ1) is 20.9. The molecule has 0 aliphatic heterocycles. The van der Waals surface area contributed by atoms with Gasteiger partial charge < -0.3 is 10.2 Å². The number of phenols is 1. The van der Waals surface area contributed by atoms with Gasteiger partial charge in [-0.3, -0.25) is 4.55 Å². The second-order valence-corrected chi connectivity index (χ2v) is 9.56. The molecule has 0 aromatic heterocycles. The summed E-state index contributed by atoms with van der Waals surface area (Å²) >= 11 is 0. The SMILES string of the molecule is O=S(=O)(O)c1ccc2c(N=Nc3ccc(S(=O)(=O)CCO)cc3)c(O)ccc2c1. The fraction of sp³-hybridized carbons (Fsp3) is 0.111. The quantitative estimate of drug-likeness (QED) is 0.396. The van der Waals surface area contributed by atoms with E-state index >= 15 is 0 Å². The van der Waals surface area contributed by atoms with Gasteiger partial charge >= 0.3 is 0 Å². The Labute approximate surface area is 166 Å². The molecule has 11 heteroatoms. The lowest BCUT2D eigenvalue weighted by Gasteiger charge is -2.06. The summed E-state index contributed by atoms with van der Waals surface area (Å²) in [6, 6.07) is 12.1. The van der Waals surface area contributed by atoms with Crippen LogP contribution in [0.3, 0.4) is 0 Å². The highest BCUT2D eigenvalue weighted by atomic mass is 32.2. The molecule has 3 aromatic rings. The summed E-state index contributed by atoms with van der Waals surface area (Å²) in [5.41, 5.74) is 0.403. The monoisotopic (exact) mass is 436 g/mol. The molecule has 9 nitrogen and oxygen atoms in total. The van der Waals surface area contributed by atoms with Crippen molar-refractivity contribution in [3.8, 4) is 5.75 Å². The number of aromatic hydroxyl groups is 1. The van der Waals surface area contributed by atoms with Gasteiger partial charge in [0.15, 0.2) is 9.84 Å². The van der Waals surface area contributed by atoms with E-state index in [1.807, 2.05) is 0 Å². The highest BCUT2D eigenvalue weighted by Crippen LogP contribution is 2.37. The molecule has 0 fully saturated rings. The number of sulfone groups is 1. The lowest BCUT2D eigenvalue weighted by atomic mass is 10.1. The fourth-order valence-electron chi connectivity index (χ4n) is 2.61. The molecular formula is C18H16N2O7S2. The molecule has 0 saturated heterocycles. The molecule has 0 heterocycles. The number of aliphatic hydroxyl groups is 1. The van der Waals surface area contributed by atoms with Crippen molar-refractivity contribution < 1.29 is 31.6 Å². The Hall–Kier alpha value is -2.86. The number of fused-ring (bicyclic) bond motifs is 1. The molecule has 0 spiro atoms. The predicted octanol–water partition coefficient (Wildman–Crippen LogP) is 2.97. The van der Waals surface area contributed by atoms with Crippen molar-refractivity contribution in [3.05, 3.63) is 54.6 Å². The van der Waals surface area contributed by atoms with Crippen molar-refractivity contribution in [2.45, 2.75) is 9.79 Å². The number of azo groups is 1. The van der Waals surface area contributed by atoms with Gasteiger partial charge in [0.2, 0.25) is 0 Å². The van der Waals surface area contributed by atoms with Gasteiger partial charge in [0, 0.05) is 5.39 Å². The molecular weight excluding hydrogens is 420 g/mol. The molecule has 0 bridgehead atoms. The van der Waals surface area contributed by atoms with E-state index in [2.05, 4.69) is 10.2 Å². The lowest BCUT2D eigenvalue weighted by Crippen LogP contribution is -2.09. The topological polar surface area (TPSA) is 154 Å². The van der Waals surface area contributed by atoms with E-state index in [0.29, 0.717) is 16.5 Å². The van der Waals surface area contributed by atoms with Gasteiger partial charge in [-0.15, -0.1) is 5.11 Å². The van der Waals surface area contributed by atoms with Gasteiger partial charge in [-0.25, -0.2) is 8.42 Å². The first-order valence-corrected chi connectivity index (χ1v) is 11.3. The Kier molecular flexibility index (Phi) is 5.66. The van der Waals surface area contributed by atoms with Gasteiger partial charge in [-0.2, -0.15) is 13.5 Å². The Balaban J connectivity index is 1.97. The molecule has 0 saturated carbocycles. The average molecular weight is 436 g/mol. The lowest BCUT2D eigenvalue weighted by molar-refractivity contribution is 0.319. The van der Waals surface area contributed by atoms with Crippen LogP contribution in [0.25, 0.3) is 10.8 Å². The highest BCUT2D eigenvalue weighted by Gasteiger charge is 2.14. The number of benzene rings is 3. The van der Waals surface area contributed by atoms with Crippen LogP contribution in [0, 0.1) is 0 Å². The second-order valence-electron chi connectivity index (χ2n) is 6.03. The largest absolute Gasteiger partial charge is 0.506 e. The van der Waals surface area contributed by atoms with Crippen LogP contribution in [0.4, 0.5) is 11.4 Å². The Morgan fingerprint density at radius 3 is 2.10 bits per heavy atom. The molecule has 3 rings (SSSR count). The summed E-state index contributed by atoms with van der Waals surface area (Å²) in [5.74, 6) is -0.577. The summed E-state index contributed by atoms with van der Waals surface area (Å²) < 4.78 is 55.5. The molecule has 152 valence electrons. The zero-order valence-corrected chi connectivity index (χ0v) is 16.4. The van der Waals surface area contributed by atoms with E-state index in [0.717, 1.165) is 0 Å². The molecule has 3 N–H and O–H groups in total. The summed E-state index contributed by atoms with van der Waals surface area (Å²) in [6.07, 6.45) is 0. The maximum atomic E-state index is 11.9. The minimum absolute atomic E-state index is 0.0382. The maximum absolute atomic E-state index is 11.9. The number of nitrogens with zero attached hydrogens (tertiary/aromatic N) is 2. The summed E-state index contributed by atoms with van der Waals surface area (Å²) in [7, 11) is -7.95. The van der Waals surface area contributed by atoms with Crippen molar-refractivity contribution in [1.82, 2.24) is 0 Å². The summed E-state index contributed by atoms with van der Waals surface area (Å²) in [5, 5.41) is 27.7. The number of hydrogen-bond donors (Lipinski definition) is 3. The van der Waals surface area contributed by atoms with Gasteiger partial charge in [-0.05, 0) is 47.9 Å². The van der Waals surface area contributed by atoms with E-state index in [1.165, 1.54) is 54.6 Å². The molecule has 0 unspecified atom stereocenters. The summed E-state index contributed by atoms with van der Waals surface area (Å²) in [4.78, 5) is -0.255. The Morgan fingerprint density at radius 2 is 1.48 bits per heavy atom. The van der Waals surface area contributed by atoms with Crippen LogP contribution < -0.4 is 0 Å². The van der Waals surface area contributed by atoms with Gasteiger partial charge in [-0.1, -0.05) is 12.1 Å². The molecule has 29 heavy (non-hydrogen) atoms. The minimum atomic E-state index is -4.37. The standard InChI is InChI=1S/C18H16N2O7S2/c21-9-10-28(23,24)14-4-2-13(3-5-14)19-20-18-16-7-6-15(29(25,26)27)11-12(16)1-8-17(18)22/h1-8,11,21-22H,9-10H2,(H,25,26,27). The molecule has 3 aromatic carbocycles. The van der Waals surface area contributed by atoms with Crippen LogP contribution in [-0.4, -0.2) is 44.0 Å². The highest BCUT2D eigenvalue weighted by molar-refractivity contribution is 7.91. The van der Waals surface area contributed by atoms with E-state index in [1.54, 1.807) is 0 Å². The number of phenolic OH excluding ortho intramolecular Hbond substituents is 1. The number of aliphatic hydroxyl groups excluding tert-OH is 1. The molecule has 0 amide bonds. The third-order valence-corrected chi connectivity index (χ3v) is 6.62. The van der Waals surface area contributed by atoms with Gasteiger partial charge in [0.05, 0.1) is 27.8 Å². The van der Waals surface area contributed by atoms with E-state index in [9.17, 15) is 21.9 Å². The normalized spacial score (nSPS) is 12.6. The third kappa shape index (κ3) is 4.59. The van der Waals surface area contributed by atoms with Crippen molar-refractivity contribution in [2.24, 2.45) is 10.2 Å². The Morgan fingerprint density at radius 1 is 0.828 bits per heavy atom. The molecule has 0 radical (unpaired) electrons. The van der Waals surface area contributed by atoms with Crippen LogP contribution in [-0.2, 0) is 20.0 Å². The van der Waals surface area contributed by atoms with E-state index < -0.39 is 26.6 Å². The van der Waals surface area contributed by atoms with Crippen LogP contribution >= 0.6 is 0 Å². The number of rotatable bonds is 6. The molecule has 0 aliphatic carbocycles. The van der Waals surface area contributed by atoms with Gasteiger partial charge in [0.25, 0.3) is 10.1 Å². The number of hydrogen-bond acceptors (Lipinski definition) is 8. The first-order chi connectivity index (χ1) is 13.6. The zero-order chi connectivity index (χ0) is 21.2. The van der Waals surface area contributed by atoms with Crippen molar-refractivity contribution in [2.75, 3.05) is 12.4 Å².